The maximum atomic E-state index is 12.1. The third kappa shape index (κ3) is 3.01. The number of rotatable bonds is 3. The van der Waals surface area contributed by atoms with Gasteiger partial charge >= 0.3 is 0 Å². The van der Waals surface area contributed by atoms with Gasteiger partial charge in [-0.25, -0.2) is 8.42 Å². The molecule has 1 aliphatic heterocycles. The summed E-state index contributed by atoms with van der Waals surface area (Å²) in [5.74, 6) is 0.218. The van der Waals surface area contributed by atoms with Crippen LogP contribution in [-0.4, -0.2) is 14.2 Å². The van der Waals surface area contributed by atoms with Gasteiger partial charge in [-0.2, -0.15) is 0 Å². The Hall–Kier alpha value is -1.65. The van der Waals surface area contributed by atoms with Crippen LogP contribution >= 0.6 is 0 Å². The molecule has 1 unspecified atom stereocenters. The Morgan fingerprint density at radius 2 is 1.81 bits per heavy atom. The van der Waals surface area contributed by atoms with E-state index < -0.39 is 9.84 Å². The van der Waals surface area contributed by atoms with Crippen molar-refractivity contribution < 1.29 is 8.42 Å². The van der Waals surface area contributed by atoms with Crippen LogP contribution in [0, 0.1) is 6.92 Å². The molecule has 0 spiro atoms. The molecule has 0 saturated carbocycles. The predicted molar refractivity (Wildman–Crippen MR) is 83.9 cm³/mol. The minimum Gasteiger partial charge on any atom is -0.306 e. The van der Waals surface area contributed by atoms with Crippen LogP contribution in [0.25, 0.3) is 0 Å². The van der Waals surface area contributed by atoms with Crippen LogP contribution in [0.2, 0.25) is 0 Å². The Balaban J connectivity index is 1.79. The summed E-state index contributed by atoms with van der Waals surface area (Å²) in [5.41, 5.74) is 3.36. The van der Waals surface area contributed by atoms with Gasteiger partial charge in [0.1, 0.15) is 0 Å². The van der Waals surface area contributed by atoms with Crippen molar-refractivity contribution in [2.24, 2.45) is 0 Å². The minimum absolute atomic E-state index is 0.103. The van der Waals surface area contributed by atoms with E-state index in [-0.39, 0.29) is 11.8 Å². The fraction of sp³-hybridized carbons (Fsp3) is 0.294. The first-order valence-corrected chi connectivity index (χ1v) is 8.82. The monoisotopic (exact) mass is 301 g/mol. The first kappa shape index (κ1) is 14.3. The van der Waals surface area contributed by atoms with Crippen LogP contribution in [0.4, 0.5) is 0 Å². The van der Waals surface area contributed by atoms with Crippen molar-refractivity contribution in [1.82, 2.24) is 5.32 Å². The molecule has 1 N–H and O–H groups in total. The highest BCUT2D eigenvalue weighted by Crippen LogP contribution is 2.32. The van der Waals surface area contributed by atoms with Crippen molar-refractivity contribution in [1.29, 1.82) is 0 Å². The summed E-state index contributed by atoms with van der Waals surface area (Å²) in [7, 11) is -3.10. The topological polar surface area (TPSA) is 46.2 Å². The van der Waals surface area contributed by atoms with E-state index in [4.69, 9.17) is 0 Å². The molecule has 21 heavy (non-hydrogen) atoms. The van der Waals surface area contributed by atoms with Gasteiger partial charge in [0.2, 0.25) is 0 Å². The van der Waals surface area contributed by atoms with Gasteiger partial charge in [0.05, 0.1) is 10.6 Å². The van der Waals surface area contributed by atoms with E-state index in [9.17, 15) is 8.42 Å². The molecule has 0 saturated heterocycles. The van der Waals surface area contributed by atoms with Crippen molar-refractivity contribution in [3.8, 4) is 0 Å². The Morgan fingerprint density at radius 3 is 2.57 bits per heavy atom. The Morgan fingerprint density at radius 1 is 1.10 bits per heavy atom. The molecule has 110 valence electrons. The van der Waals surface area contributed by atoms with Crippen LogP contribution in [0.1, 0.15) is 29.2 Å². The van der Waals surface area contributed by atoms with Crippen molar-refractivity contribution in [2.75, 3.05) is 5.75 Å². The second-order valence-electron chi connectivity index (χ2n) is 5.56. The fourth-order valence-corrected chi connectivity index (χ4v) is 4.37. The average molecular weight is 301 g/mol. The minimum atomic E-state index is -3.10. The third-order valence-corrected chi connectivity index (χ3v) is 5.79. The molecule has 3 nitrogen and oxygen atoms in total. The lowest BCUT2D eigenvalue weighted by atomic mass is 10.0. The van der Waals surface area contributed by atoms with Gasteiger partial charge in [0.15, 0.2) is 9.84 Å². The molecular formula is C17H19NO2S. The zero-order valence-corrected chi connectivity index (χ0v) is 12.9. The van der Waals surface area contributed by atoms with Crippen LogP contribution in [0.3, 0.4) is 0 Å². The standard InChI is InChI=1S/C17H19NO2S/c1-13-6-8-14(9-7-13)12-18-16-10-11-21(19,20)17-5-3-2-4-15(16)17/h2-9,16,18H,10-12H2,1H3. The summed E-state index contributed by atoms with van der Waals surface area (Å²) >= 11 is 0. The van der Waals surface area contributed by atoms with E-state index in [0.717, 1.165) is 12.1 Å². The lowest BCUT2D eigenvalue weighted by molar-refractivity contribution is 0.491. The van der Waals surface area contributed by atoms with E-state index >= 15 is 0 Å². The Kier molecular flexibility index (Phi) is 3.83. The van der Waals surface area contributed by atoms with E-state index in [0.29, 0.717) is 11.3 Å². The molecule has 2 aromatic rings. The highest BCUT2D eigenvalue weighted by Gasteiger charge is 2.29. The van der Waals surface area contributed by atoms with Gasteiger partial charge in [-0.05, 0) is 30.5 Å². The maximum Gasteiger partial charge on any atom is 0.178 e. The second-order valence-corrected chi connectivity index (χ2v) is 7.64. The molecule has 0 amide bonds. The van der Waals surface area contributed by atoms with Crippen LogP contribution in [-0.2, 0) is 16.4 Å². The summed E-state index contributed by atoms with van der Waals surface area (Å²) in [4.78, 5) is 0.484. The second kappa shape index (κ2) is 5.62. The van der Waals surface area contributed by atoms with E-state index in [2.05, 4.69) is 36.5 Å². The lowest BCUT2D eigenvalue weighted by Crippen LogP contribution is -2.29. The van der Waals surface area contributed by atoms with Crippen molar-refractivity contribution in [2.45, 2.75) is 30.8 Å². The maximum absolute atomic E-state index is 12.1. The number of aryl methyl sites for hydroxylation is 1. The third-order valence-electron chi connectivity index (χ3n) is 3.98. The zero-order chi connectivity index (χ0) is 14.9. The summed E-state index contributed by atoms with van der Waals surface area (Å²) in [5, 5.41) is 3.49. The SMILES string of the molecule is Cc1ccc(CNC2CCS(=O)(=O)c3ccccc32)cc1. The fourth-order valence-electron chi connectivity index (χ4n) is 2.75. The predicted octanol–water partition coefficient (Wildman–Crippen LogP) is 3.00. The van der Waals surface area contributed by atoms with Gasteiger partial charge in [0.25, 0.3) is 0 Å². The summed E-state index contributed by atoms with van der Waals surface area (Å²) < 4.78 is 24.2. The molecule has 1 atom stereocenters. The van der Waals surface area contributed by atoms with E-state index in [1.165, 1.54) is 11.1 Å². The number of hydrogen-bond donors (Lipinski definition) is 1. The molecule has 0 radical (unpaired) electrons. The molecule has 0 fully saturated rings. The number of hydrogen-bond acceptors (Lipinski definition) is 3. The molecule has 0 aromatic heterocycles. The first-order chi connectivity index (χ1) is 10.1. The summed E-state index contributed by atoms with van der Waals surface area (Å²) in [6.45, 7) is 2.82. The van der Waals surface area contributed by atoms with E-state index in [1.807, 2.05) is 12.1 Å². The van der Waals surface area contributed by atoms with Gasteiger partial charge in [0, 0.05) is 12.6 Å². The zero-order valence-electron chi connectivity index (χ0n) is 12.0. The van der Waals surface area contributed by atoms with Gasteiger partial charge in [-0.1, -0.05) is 48.0 Å². The van der Waals surface area contributed by atoms with Crippen LogP contribution in [0.5, 0.6) is 0 Å². The molecule has 2 aromatic carbocycles. The van der Waals surface area contributed by atoms with Crippen LogP contribution < -0.4 is 5.32 Å². The molecule has 0 aliphatic carbocycles. The summed E-state index contributed by atoms with van der Waals surface area (Å²) in [6, 6.07) is 15.8. The smallest absolute Gasteiger partial charge is 0.178 e. The average Bonchev–Trinajstić information content (AvgIpc) is 2.48. The highest BCUT2D eigenvalue weighted by molar-refractivity contribution is 7.91. The highest BCUT2D eigenvalue weighted by atomic mass is 32.2. The normalized spacial score (nSPS) is 20.0. The number of benzene rings is 2. The Labute approximate surface area is 125 Å². The van der Waals surface area contributed by atoms with Crippen molar-refractivity contribution in [3.63, 3.8) is 0 Å². The summed E-state index contributed by atoms with van der Waals surface area (Å²) in [6.07, 6.45) is 0.630. The van der Waals surface area contributed by atoms with Gasteiger partial charge in [-0.3, -0.25) is 0 Å². The lowest BCUT2D eigenvalue weighted by Gasteiger charge is -2.26. The molecule has 0 bridgehead atoms. The number of fused-ring (bicyclic) bond motifs is 1. The molecule has 1 heterocycles. The number of nitrogens with one attached hydrogen (secondary N) is 1. The van der Waals surface area contributed by atoms with Crippen LogP contribution in [0.15, 0.2) is 53.4 Å². The number of sulfone groups is 1. The van der Waals surface area contributed by atoms with Gasteiger partial charge in [-0.15, -0.1) is 0 Å². The molecule has 1 aliphatic rings. The molecular weight excluding hydrogens is 282 g/mol. The molecule has 3 rings (SSSR count). The van der Waals surface area contributed by atoms with E-state index in [1.54, 1.807) is 12.1 Å². The Bertz CT molecular complexity index is 736. The largest absolute Gasteiger partial charge is 0.306 e. The first-order valence-electron chi connectivity index (χ1n) is 7.17. The quantitative estimate of drug-likeness (QED) is 0.948. The van der Waals surface area contributed by atoms with Crippen molar-refractivity contribution >= 4 is 9.84 Å². The van der Waals surface area contributed by atoms with Crippen molar-refractivity contribution in [3.05, 3.63) is 65.2 Å². The molecule has 4 heteroatoms. The van der Waals surface area contributed by atoms with Gasteiger partial charge < -0.3 is 5.32 Å².